The molecule has 3 heterocycles. The highest BCUT2D eigenvalue weighted by molar-refractivity contribution is 7.11. The SMILES string of the molecule is CCCCc1ccc(CN2CCC[C@H]2C(=O)N2CCOCC2)s1. The van der Waals surface area contributed by atoms with E-state index < -0.39 is 0 Å². The minimum atomic E-state index is 0.0780. The highest BCUT2D eigenvalue weighted by Crippen LogP contribution is 2.26. The van der Waals surface area contributed by atoms with Crippen LogP contribution in [-0.2, 0) is 22.5 Å². The fourth-order valence-corrected chi connectivity index (χ4v) is 4.57. The Morgan fingerprint density at radius 2 is 2.04 bits per heavy atom. The molecule has 0 unspecified atom stereocenters. The Morgan fingerprint density at radius 1 is 1.26 bits per heavy atom. The predicted octanol–water partition coefficient (Wildman–Crippen LogP) is 2.91. The molecule has 2 aliphatic heterocycles. The third kappa shape index (κ3) is 4.34. The summed E-state index contributed by atoms with van der Waals surface area (Å²) in [5, 5.41) is 0. The number of hydrogen-bond donors (Lipinski definition) is 0. The summed E-state index contributed by atoms with van der Waals surface area (Å²) in [6, 6.07) is 4.60. The quantitative estimate of drug-likeness (QED) is 0.801. The van der Waals surface area contributed by atoms with Crippen molar-refractivity contribution in [2.45, 2.75) is 51.6 Å². The van der Waals surface area contributed by atoms with Gasteiger partial charge in [-0.25, -0.2) is 0 Å². The number of aryl methyl sites for hydroxylation is 1. The van der Waals surface area contributed by atoms with Crippen molar-refractivity contribution < 1.29 is 9.53 Å². The molecular weight excluding hydrogens is 308 g/mol. The average molecular weight is 337 g/mol. The highest BCUT2D eigenvalue weighted by atomic mass is 32.1. The van der Waals surface area contributed by atoms with Gasteiger partial charge in [-0.3, -0.25) is 9.69 Å². The van der Waals surface area contributed by atoms with Crippen molar-refractivity contribution in [2.75, 3.05) is 32.8 Å². The van der Waals surface area contributed by atoms with E-state index >= 15 is 0 Å². The standard InChI is InChI=1S/C18H28N2O2S/c1-2-3-5-15-7-8-16(23-15)14-20-9-4-6-17(20)18(21)19-10-12-22-13-11-19/h7-8,17H,2-6,9-14H2,1H3/t17-/m0/s1. The number of unbranched alkanes of at least 4 members (excludes halogenated alkanes) is 1. The van der Waals surface area contributed by atoms with E-state index in [0.29, 0.717) is 19.1 Å². The number of rotatable bonds is 6. The Bertz CT molecular complexity index is 511. The Balaban J connectivity index is 1.58. The second-order valence-electron chi connectivity index (χ2n) is 6.54. The molecule has 0 saturated carbocycles. The van der Waals surface area contributed by atoms with Crippen molar-refractivity contribution in [3.63, 3.8) is 0 Å². The summed E-state index contributed by atoms with van der Waals surface area (Å²) >= 11 is 1.92. The van der Waals surface area contributed by atoms with Crippen LogP contribution in [0.1, 0.15) is 42.4 Å². The molecule has 1 atom stereocenters. The van der Waals surface area contributed by atoms with Gasteiger partial charge in [-0.15, -0.1) is 11.3 Å². The summed E-state index contributed by atoms with van der Waals surface area (Å²) in [4.78, 5) is 20.0. The van der Waals surface area contributed by atoms with E-state index in [1.807, 2.05) is 16.2 Å². The number of morpholine rings is 1. The third-order valence-corrected chi connectivity index (χ3v) is 5.95. The molecule has 0 aliphatic carbocycles. The fraction of sp³-hybridized carbons (Fsp3) is 0.722. The summed E-state index contributed by atoms with van der Waals surface area (Å²) in [7, 11) is 0. The molecule has 0 aromatic carbocycles. The first-order valence-electron chi connectivity index (χ1n) is 8.96. The van der Waals surface area contributed by atoms with Crippen molar-refractivity contribution in [2.24, 2.45) is 0 Å². The van der Waals surface area contributed by atoms with E-state index in [2.05, 4.69) is 24.0 Å². The van der Waals surface area contributed by atoms with Gasteiger partial charge in [-0.2, -0.15) is 0 Å². The van der Waals surface area contributed by atoms with Gasteiger partial charge in [0.05, 0.1) is 19.3 Å². The monoisotopic (exact) mass is 336 g/mol. The lowest BCUT2D eigenvalue weighted by Gasteiger charge is -2.32. The number of carbonyl (C=O) groups excluding carboxylic acids is 1. The van der Waals surface area contributed by atoms with Crippen LogP contribution in [-0.4, -0.2) is 54.6 Å². The molecule has 1 amide bonds. The predicted molar refractivity (Wildman–Crippen MR) is 93.8 cm³/mol. The van der Waals surface area contributed by atoms with Gasteiger partial charge in [0.25, 0.3) is 0 Å². The van der Waals surface area contributed by atoms with Gasteiger partial charge in [-0.1, -0.05) is 13.3 Å². The number of carbonyl (C=O) groups is 1. The maximum Gasteiger partial charge on any atom is 0.240 e. The van der Waals surface area contributed by atoms with Crippen molar-refractivity contribution in [1.29, 1.82) is 0 Å². The summed E-state index contributed by atoms with van der Waals surface area (Å²) in [6.07, 6.45) is 5.84. The third-order valence-electron chi connectivity index (χ3n) is 4.82. The average Bonchev–Trinajstić information content (AvgIpc) is 3.23. The van der Waals surface area contributed by atoms with Gasteiger partial charge in [0.2, 0.25) is 5.91 Å². The van der Waals surface area contributed by atoms with Crippen LogP contribution >= 0.6 is 11.3 Å². The van der Waals surface area contributed by atoms with Crippen molar-refractivity contribution in [3.05, 3.63) is 21.9 Å². The summed E-state index contributed by atoms with van der Waals surface area (Å²) in [6.45, 7) is 7.09. The van der Waals surface area contributed by atoms with Gasteiger partial charge in [0.15, 0.2) is 0 Å². The number of ether oxygens (including phenoxy) is 1. The molecule has 23 heavy (non-hydrogen) atoms. The zero-order valence-corrected chi connectivity index (χ0v) is 14.9. The molecule has 5 heteroatoms. The van der Waals surface area contributed by atoms with Crippen LogP contribution in [0.2, 0.25) is 0 Å². The van der Waals surface area contributed by atoms with Crippen molar-refractivity contribution in [1.82, 2.24) is 9.80 Å². The van der Waals surface area contributed by atoms with Crippen LogP contribution in [0.15, 0.2) is 12.1 Å². The molecule has 2 saturated heterocycles. The first-order chi connectivity index (χ1) is 11.3. The fourth-order valence-electron chi connectivity index (χ4n) is 3.48. The van der Waals surface area contributed by atoms with E-state index in [-0.39, 0.29) is 6.04 Å². The number of likely N-dealkylation sites (tertiary alicyclic amines) is 1. The second-order valence-corrected chi connectivity index (χ2v) is 7.79. The first kappa shape index (κ1) is 16.9. The minimum absolute atomic E-state index is 0.0780. The molecule has 128 valence electrons. The lowest BCUT2D eigenvalue weighted by atomic mass is 10.2. The van der Waals surface area contributed by atoms with Gasteiger partial charge < -0.3 is 9.64 Å². The van der Waals surface area contributed by atoms with Gasteiger partial charge in [-0.05, 0) is 44.4 Å². The lowest BCUT2D eigenvalue weighted by Crippen LogP contribution is -2.49. The second kappa shape index (κ2) is 8.27. The van der Waals surface area contributed by atoms with E-state index in [4.69, 9.17) is 4.74 Å². The molecule has 3 rings (SSSR count). The maximum absolute atomic E-state index is 12.8. The molecule has 0 bridgehead atoms. The van der Waals surface area contributed by atoms with Crippen molar-refractivity contribution >= 4 is 17.2 Å². The largest absolute Gasteiger partial charge is 0.378 e. The van der Waals surface area contributed by atoms with E-state index in [9.17, 15) is 4.79 Å². The molecule has 2 aliphatic rings. The summed E-state index contributed by atoms with van der Waals surface area (Å²) < 4.78 is 5.36. The lowest BCUT2D eigenvalue weighted by molar-refractivity contribution is -0.140. The molecule has 0 spiro atoms. The Labute approximate surface area is 143 Å². The highest BCUT2D eigenvalue weighted by Gasteiger charge is 2.34. The summed E-state index contributed by atoms with van der Waals surface area (Å²) in [5.41, 5.74) is 0. The van der Waals surface area contributed by atoms with Gasteiger partial charge in [0, 0.05) is 29.4 Å². The van der Waals surface area contributed by atoms with Crippen LogP contribution < -0.4 is 0 Å². The molecule has 4 nitrogen and oxygen atoms in total. The minimum Gasteiger partial charge on any atom is -0.378 e. The Hall–Kier alpha value is -0.910. The van der Waals surface area contributed by atoms with Crippen LogP contribution in [0.25, 0.3) is 0 Å². The maximum atomic E-state index is 12.8. The van der Waals surface area contributed by atoms with Gasteiger partial charge >= 0.3 is 0 Å². The number of hydrogen-bond acceptors (Lipinski definition) is 4. The molecule has 0 N–H and O–H groups in total. The van der Waals surface area contributed by atoms with E-state index in [1.54, 1.807) is 0 Å². The van der Waals surface area contributed by atoms with Crippen LogP contribution in [0.5, 0.6) is 0 Å². The van der Waals surface area contributed by atoms with Crippen LogP contribution in [0, 0.1) is 0 Å². The molecule has 1 aromatic heterocycles. The molecule has 0 radical (unpaired) electrons. The molecular formula is C18H28N2O2S. The van der Waals surface area contributed by atoms with E-state index in [1.165, 1.54) is 29.0 Å². The first-order valence-corrected chi connectivity index (χ1v) is 9.77. The number of thiophene rings is 1. The smallest absolute Gasteiger partial charge is 0.240 e. The Kier molecular flexibility index (Phi) is 6.08. The zero-order valence-electron chi connectivity index (χ0n) is 14.1. The van der Waals surface area contributed by atoms with Crippen LogP contribution in [0.3, 0.4) is 0 Å². The molecule has 2 fully saturated rings. The number of amides is 1. The molecule has 1 aromatic rings. The van der Waals surface area contributed by atoms with Gasteiger partial charge in [0.1, 0.15) is 0 Å². The summed E-state index contributed by atoms with van der Waals surface area (Å²) in [5.74, 6) is 0.313. The van der Waals surface area contributed by atoms with Crippen molar-refractivity contribution in [3.8, 4) is 0 Å². The van der Waals surface area contributed by atoms with E-state index in [0.717, 1.165) is 39.0 Å². The zero-order chi connectivity index (χ0) is 16.1. The Morgan fingerprint density at radius 3 is 2.83 bits per heavy atom. The number of nitrogens with zero attached hydrogens (tertiary/aromatic N) is 2. The van der Waals surface area contributed by atoms with Crippen LogP contribution in [0.4, 0.5) is 0 Å². The topological polar surface area (TPSA) is 32.8 Å². The normalized spacial score (nSPS) is 22.7.